The highest BCUT2D eigenvalue weighted by molar-refractivity contribution is 6.06. The Morgan fingerprint density at radius 3 is 2.52 bits per heavy atom. The fourth-order valence-electron chi connectivity index (χ4n) is 2.83. The molecule has 0 radical (unpaired) electrons. The van der Waals surface area contributed by atoms with Crippen LogP contribution in [0.2, 0.25) is 0 Å². The van der Waals surface area contributed by atoms with E-state index in [9.17, 15) is 9.59 Å². The molecule has 0 atom stereocenters. The van der Waals surface area contributed by atoms with Gasteiger partial charge in [-0.05, 0) is 37.0 Å². The molecule has 6 heteroatoms. The lowest BCUT2D eigenvalue weighted by atomic mass is 10.0. The molecule has 0 aliphatic rings. The van der Waals surface area contributed by atoms with Crippen molar-refractivity contribution in [3.63, 3.8) is 0 Å². The van der Waals surface area contributed by atoms with Gasteiger partial charge < -0.3 is 0 Å². The van der Waals surface area contributed by atoms with Gasteiger partial charge in [0.15, 0.2) is 5.69 Å². The molecule has 2 aromatic carbocycles. The molecule has 0 aliphatic heterocycles. The third-order valence-corrected chi connectivity index (χ3v) is 4.43. The Bertz CT molecular complexity index is 1040. The van der Waals surface area contributed by atoms with Crippen LogP contribution in [-0.4, -0.2) is 21.8 Å². The normalized spacial score (nSPS) is 11.6. The summed E-state index contributed by atoms with van der Waals surface area (Å²) in [6, 6.07) is 15.0. The summed E-state index contributed by atoms with van der Waals surface area (Å²) in [5.74, 6) is -0.471. The minimum absolute atomic E-state index is 0.136. The highest BCUT2D eigenvalue weighted by Gasteiger charge is 2.13. The van der Waals surface area contributed by atoms with E-state index in [1.807, 2.05) is 19.1 Å². The Labute approximate surface area is 157 Å². The third kappa shape index (κ3) is 4.28. The van der Waals surface area contributed by atoms with Crippen LogP contribution < -0.4 is 11.0 Å². The molecule has 27 heavy (non-hydrogen) atoms. The zero-order valence-corrected chi connectivity index (χ0v) is 15.5. The highest BCUT2D eigenvalue weighted by atomic mass is 16.2. The monoisotopic (exact) mass is 362 g/mol. The molecule has 1 amide bonds. The summed E-state index contributed by atoms with van der Waals surface area (Å²) < 4.78 is 0. The first-order valence-corrected chi connectivity index (χ1v) is 9.01. The molecule has 138 valence electrons. The second-order valence-corrected chi connectivity index (χ2v) is 6.39. The fraction of sp³-hybridized carbons (Fsp3) is 0.238. The van der Waals surface area contributed by atoms with E-state index in [0.29, 0.717) is 16.5 Å². The van der Waals surface area contributed by atoms with Crippen molar-refractivity contribution in [2.45, 2.75) is 33.1 Å². The summed E-state index contributed by atoms with van der Waals surface area (Å²) in [6.07, 6.45) is 3.40. The van der Waals surface area contributed by atoms with E-state index in [4.69, 9.17) is 0 Å². The first-order valence-electron chi connectivity index (χ1n) is 9.01. The molecule has 0 saturated carbocycles. The van der Waals surface area contributed by atoms with Gasteiger partial charge in [0.25, 0.3) is 11.5 Å². The van der Waals surface area contributed by atoms with Crippen molar-refractivity contribution in [3.8, 4) is 0 Å². The number of fused-ring (bicyclic) bond motifs is 1. The fourth-order valence-corrected chi connectivity index (χ4v) is 2.83. The Kier molecular flexibility index (Phi) is 5.76. The van der Waals surface area contributed by atoms with E-state index >= 15 is 0 Å². The molecule has 0 unspecified atom stereocenters. The minimum Gasteiger partial charge on any atom is -0.267 e. The van der Waals surface area contributed by atoms with E-state index in [0.717, 1.165) is 12.0 Å². The largest absolute Gasteiger partial charge is 0.292 e. The number of nitrogens with one attached hydrogen (secondary N) is 2. The van der Waals surface area contributed by atoms with E-state index in [2.05, 4.69) is 39.8 Å². The maximum absolute atomic E-state index is 12.5. The van der Waals surface area contributed by atoms with Crippen LogP contribution in [0.1, 0.15) is 48.3 Å². The van der Waals surface area contributed by atoms with Gasteiger partial charge in [0.05, 0.1) is 11.1 Å². The van der Waals surface area contributed by atoms with E-state index in [1.165, 1.54) is 18.4 Å². The number of hydrogen-bond acceptors (Lipinski definition) is 4. The molecule has 0 saturated heterocycles. The van der Waals surface area contributed by atoms with Crippen molar-refractivity contribution in [2.24, 2.45) is 5.10 Å². The molecule has 1 heterocycles. The minimum atomic E-state index is -0.471. The van der Waals surface area contributed by atoms with Gasteiger partial charge in [0, 0.05) is 5.39 Å². The van der Waals surface area contributed by atoms with Crippen LogP contribution in [0, 0.1) is 0 Å². The molecular formula is C21H22N4O2. The zero-order chi connectivity index (χ0) is 19.2. The number of carbonyl (C=O) groups excluding carboxylic acids is 1. The number of aryl methyl sites for hydroxylation is 1. The molecule has 2 N–H and O–H groups in total. The predicted molar refractivity (Wildman–Crippen MR) is 107 cm³/mol. The molecule has 1 aromatic heterocycles. The molecule has 0 spiro atoms. The van der Waals surface area contributed by atoms with Crippen molar-refractivity contribution in [1.82, 2.24) is 15.6 Å². The van der Waals surface area contributed by atoms with E-state index in [1.54, 1.807) is 24.3 Å². The standard InChI is InChI=1S/C21H22N4O2/c1-3-4-7-15-10-12-16(13-11-15)14(2)22-25-21(27)19-17-8-5-6-9-18(17)20(26)24-23-19/h5-6,8-13H,3-4,7H2,1-2H3,(H,24,26)(H,25,27)/b22-14-. The predicted octanol–water partition coefficient (Wildman–Crippen LogP) is 3.42. The quantitative estimate of drug-likeness (QED) is 0.520. The molecule has 6 nitrogen and oxygen atoms in total. The number of aromatic amines is 1. The molecule has 3 aromatic rings. The highest BCUT2D eigenvalue weighted by Crippen LogP contribution is 2.12. The summed E-state index contributed by atoms with van der Waals surface area (Å²) in [4.78, 5) is 24.3. The van der Waals surface area contributed by atoms with E-state index < -0.39 is 5.91 Å². The van der Waals surface area contributed by atoms with Gasteiger partial charge in [0.2, 0.25) is 0 Å². The molecule has 0 bridgehead atoms. The number of hydrazone groups is 1. The SMILES string of the molecule is CCCCc1ccc(/C(C)=N\NC(=O)c2n[nH]c(=O)c3ccccc23)cc1. The number of nitrogens with zero attached hydrogens (tertiary/aromatic N) is 2. The van der Waals surface area contributed by atoms with Crippen LogP contribution in [-0.2, 0) is 6.42 Å². The smallest absolute Gasteiger partial charge is 0.267 e. The molecule has 3 rings (SSSR count). The van der Waals surface area contributed by atoms with Crippen LogP contribution in [0.3, 0.4) is 0 Å². The van der Waals surface area contributed by atoms with Crippen LogP contribution in [0.25, 0.3) is 10.8 Å². The lowest BCUT2D eigenvalue weighted by Gasteiger charge is -2.06. The Hall–Kier alpha value is -3.28. The van der Waals surface area contributed by atoms with Gasteiger partial charge in [-0.25, -0.2) is 10.5 Å². The summed E-state index contributed by atoms with van der Waals surface area (Å²) in [5, 5.41) is 11.3. The number of benzene rings is 2. The summed E-state index contributed by atoms with van der Waals surface area (Å²) in [6.45, 7) is 4.01. The Morgan fingerprint density at radius 2 is 1.81 bits per heavy atom. The number of aromatic nitrogens is 2. The van der Waals surface area contributed by atoms with Crippen molar-refractivity contribution < 1.29 is 4.79 Å². The van der Waals surface area contributed by atoms with Crippen molar-refractivity contribution in [3.05, 3.63) is 75.7 Å². The van der Waals surface area contributed by atoms with Crippen molar-refractivity contribution in [2.75, 3.05) is 0 Å². The zero-order valence-electron chi connectivity index (χ0n) is 15.5. The number of unbranched alkanes of at least 4 members (excludes halogenated alkanes) is 1. The topological polar surface area (TPSA) is 87.2 Å². The average molecular weight is 362 g/mol. The van der Waals surface area contributed by atoms with Crippen LogP contribution in [0.5, 0.6) is 0 Å². The number of hydrogen-bond donors (Lipinski definition) is 2. The van der Waals surface area contributed by atoms with Gasteiger partial charge in [-0.1, -0.05) is 55.8 Å². The van der Waals surface area contributed by atoms with Gasteiger partial charge in [-0.2, -0.15) is 10.2 Å². The lowest BCUT2D eigenvalue weighted by Crippen LogP contribution is -2.23. The van der Waals surface area contributed by atoms with Crippen molar-refractivity contribution >= 4 is 22.4 Å². The maximum Gasteiger partial charge on any atom is 0.292 e. The van der Waals surface area contributed by atoms with Crippen LogP contribution in [0.4, 0.5) is 0 Å². The van der Waals surface area contributed by atoms with Crippen LogP contribution >= 0.6 is 0 Å². The van der Waals surface area contributed by atoms with E-state index in [-0.39, 0.29) is 11.3 Å². The van der Waals surface area contributed by atoms with Crippen molar-refractivity contribution in [1.29, 1.82) is 0 Å². The second-order valence-electron chi connectivity index (χ2n) is 6.39. The number of H-pyrrole nitrogens is 1. The van der Waals surface area contributed by atoms with Gasteiger partial charge in [0.1, 0.15) is 0 Å². The number of rotatable bonds is 6. The summed E-state index contributed by atoms with van der Waals surface area (Å²) in [7, 11) is 0. The lowest BCUT2D eigenvalue weighted by molar-refractivity contribution is 0.0950. The first kappa shape index (κ1) is 18.5. The second kappa shape index (κ2) is 8.40. The van der Waals surface area contributed by atoms with Gasteiger partial charge in [-0.3, -0.25) is 9.59 Å². The number of carbonyl (C=O) groups is 1. The molecule has 0 fully saturated rings. The number of amides is 1. The first-order chi connectivity index (χ1) is 13.1. The molecule has 0 aliphatic carbocycles. The average Bonchev–Trinajstić information content (AvgIpc) is 2.71. The summed E-state index contributed by atoms with van der Waals surface area (Å²) in [5.41, 5.74) is 5.26. The third-order valence-electron chi connectivity index (χ3n) is 4.43. The molecular weight excluding hydrogens is 340 g/mol. The Morgan fingerprint density at radius 1 is 1.11 bits per heavy atom. The van der Waals surface area contributed by atoms with Gasteiger partial charge in [-0.15, -0.1) is 0 Å². The van der Waals surface area contributed by atoms with Gasteiger partial charge >= 0.3 is 0 Å². The Balaban J connectivity index is 1.76. The maximum atomic E-state index is 12.5. The summed E-state index contributed by atoms with van der Waals surface area (Å²) >= 11 is 0. The van der Waals surface area contributed by atoms with Crippen LogP contribution in [0.15, 0.2) is 58.4 Å².